The Balaban J connectivity index is 1.86. The van der Waals surface area contributed by atoms with Crippen molar-refractivity contribution < 1.29 is 9.63 Å². The van der Waals surface area contributed by atoms with Crippen molar-refractivity contribution in [2.75, 3.05) is 11.9 Å². The van der Waals surface area contributed by atoms with E-state index in [1.54, 1.807) is 0 Å². The predicted molar refractivity (Wildman–Crippen MR) is 87.7 cm³/mol. The fourth-order valence-electron chi connectivity index (χ4n) is 1.84. The molecule has 0 aromatic heterocycles. The van der Waals surface area contributed by atoms with Gasteiger partial charge in [0.25, 0.3) is 5.91 Å². The Morgan fingerprint density at radius 2 is 1.86 bits per heavy atom. The van der Waals surface area contributed by atoms with Crippen LogP contribution in [0.4, 0.5) is 5.69 Å². The molecule has 0 saturated carbocycles. The van der Waals surface area contributed by atoms with E-state index in [9.17, 15) is 4.79 Å². The van der Waals surface area contributed by atoms with Crippen LogP contribution in [-0.4, -0.2) is 18.3 Å². The standard InChI is InChI=1S/C17H19N3O2/c1-12-8-9-15(10-13(12)2)19-16(21)11-22-20-17(18)14-6-4-3-5-7-14/h3-10H,11H2,1-2H3,(H2,18,20)(H,19,21). The molecule has 5 heteroatoms. The molecular weight excluding hydrogens is 278 g/mol. The lowest BCUT2D eigenvalue weighted by Crippen LogP contribution is -2.19. The van der Waals surface area contributed by atoms with Crippen LogP contribution < -0.4 is 11.1 Å². The second-order valence-corrected chi connectivity index (χ2v) is 4.96. The predicted octanol–water partition coefficient (Wildman–Crippen LogP) is 2.58. The van der Waals surface area contributed by atoms with E-state index >= 15 is 0 Å². The molecule has 2 rings (SSSR count). The highest BCUT2D eigenvalue weighted by atomic mass is 16.6. The van der Waals surface area contributed by atoms with Crippen LogP contribution in [0.5, 0.6) is 0 Å². The third kappa shape index (κ3) is 4.34. The van der Waals surface area contributed by atoms with Gasteiger partial charge in [0.15, 0.2) is 12.4 Å². The van der Waals surface area contributed by atoms with Crippen molar-refractivity contribution in [2.24, 2.45) is 10.9 Å². The average molecular weight is 297 g/mol. The van der Waals surface area contributed by atoms with E-state index < -0.39 is 0 Å². The molecule has 5 nitrogen and oxygen atoms in total. The van der Waals surface area contributed by atoms with Crippen molar-refractivity contribution in [1.29, 1.82) is 0 Å². The Morgan fingerprint density at radius 3 is 2.55 bits per heavy atom. The minimum Gasteiger partial charge on any atom is -0.384 e. The summed E-state index contributed by atoms with van der Waals surface area (Å²) < 4.78 is 0. The number of aryl methyl sites for hydroxylation is 2. The molecule has 1 amide bonds. The first-order valence-electron chi connectivity index (χ1n) is 6.94. The molecule has 0 spiro atoms. The van der Waals surface area contributed by atoms with Crippen LogP contribution in [0.15, 0.2) is 53.7 Å². The Kier molecular flexibility index (Phi) is 5.14. The minimum absolute atomic E-state index is 0.194. The van der Waals surface area contributed by atoms with Gasteiger partial charge in [-0.05, 0) is 37.1 Å². The summed E-state index contributed by atoms with van der Waals surface area (Å²) in [5.41, 5.74) is 9.54. The van der Waals surface area contributed by atoms with Crippen LogP contribution >= 0.6 is 0 Å². The molecule has 22 heavy (non-hydrogen) atoms. The van der Waals surface area contributed by atoms with Crippen LogP contribution in [0.1, 0.15) is 16.7 Å². The topological polar surface area (TPSA) is 76.7 Å². The number of amidine groups is 1. The number of anilines is 1. The highest BCUT2D eigenvalue weighted by molar-refractivity contribution is 5.97. The molecule has 0 aliphatic carbocycles. The monoisotopic (exact) mass is 297 g/mol. The summed E-state index contributed by atoms with van der Waals surface area (Å²) in [6, 6.07) is 14.9. The highest BCUT2D eigenvalue weighted by Gasteiger charge is 2.04. The van der Waals surface area contributed by atoms with Gasteiger partial charge in [-0.3, -0.25) is 4.79 Å². The third-order valence-corrected chi connectivity index (χ3v) is 3.22. The first kappa shape index (κ1) is 15.6. The summed E-state index contributed by atoms with van der Waals surface area (Å²) in [5, 5.41) is 6.49. The van der Waals surface area contributed by atoms with E-state index in [4.69, 9.17) is 10.6 Å². The molecule has 0 atom stereocenters. The third-order valence-electron chi connectivity index (χ3n) is 3.22. The molecule has 3 N–H and O–H groups in total. The number of amides is 1. The zero-order valence-corrected chi connectivity index (χ0v) is 12.7. The second-order valence-electron chi connectivity index (χ2n) is 4.96. The number of hydrogen-bond acceptors (Lipinski definition) is 3. The molecule has 0 saturated heterocycles. The highest BCUT2D eigenvalue weighted by Crippen LogP contribution is 2.13. The maximum Gasteiger partial charge on any atom is 0.265 e. The number of carbonyl (C=O) groups excluding carboxylic acids is 1. The van der Waals surface area contributed by atoms with Gasteiger partial charge in [-0.15, -0.1) is 0 Å². The van der Waals surface area contributed by atoms with Gasteiger partial charge in [0, 0.05) is 11.3 Å². The Hall–Kier alpha value is -2.82. The molecule has 0 fully saturated rings. The number of rotatable bonds is 5. The lowest BCUT2D eigenvalue weighted by Gasteiger charge is -2.07. The first-order valence-corrected chi connectivity index (χ1v) is 6.94. The normalized spacial score (nSPS) is 11.1. The quantitative estimate of drug-likeness (QED) is 0.506. The summed E-state index contributed by atoms with van der Waals surface area (Å²) in [4.78, 5) is 16.8. The Morgan fingerprint density at radius 1 is 1.14 bits per heavy atom. The number of oxime groups is 1. The van der Waals surface area contributed by atoms with Crippen molar-refractivity contribution in [1.82, 2.24) is 0 Å². The van der Waals surface area contributed by atoms with E-state index in [-0.39, 0.29) is 18.3 Å². The molecule has 2 aromatic rings. The van der Waals surface area contributed by atoms with Crippen LogP contribution in [0, 0.1) is 13.8 Å². The number of carbonyl (C=O) groups is 1. The van der Waals surface area contributed by atoms with Gasteiger partial charge in [0.2, 0.25) is 0 Å². The van der Waals surface area contributed by atoms with E-state index in [0.717, 1.165) is 16.8 Å². The maximum atomic E-state index is 11.8. The summed E-state index contributed by atoms with van der Waals surface area (Å²) in [5.74, 6) is -0.0487. The van der Waals surface area contributed by atoms with Crippen molar-refractivity contribution in [2.45, 2.75) is 13.8 Å². The van der Waals surface area contributed by atoms with Crippen LogP contribution in [0.3, 0.4) is 0 Å². The van der Waals surface area contributed by atoms with Crippen molar-refractivity contribution in [3.63, 3.8) is 0 Å². The van der Waals surface area contributed by atoms with E-state index in [1.165, 1.54) is 5.56 Å². The lowest BCUT2D eigenvalue weighted by atomic mass is 10.1. The smallest absolute Gasteiger partial charge is 0.265 e. The molecule has 0 radical (unpaired) electrons. The van der Waals surface area contributed by atoms with Gasteiger partial charge in [-0.25, -0.2) is 0 Å². The molecular formula is C17H19N3O2. The van der Waals surface area contributed by atoms with Crippen molar-refractivity contribution in [3.8, 4) is 0 Å². The fourth-order valence-corrected chi connectivity index (χ4v) is 1.84. The van der Waals surface area contributed by atoms with Gasteiger partial charge in [-0.1, -0.05) is 41.6 Å². The Bertz CT molecular complexity index is 682. The molecule has 0 heterocycles. The van der Waals surface area contributed by atoms with Crippen LogP contribution in [0.2, 0.25) is 0 Å². The first-order chi connectivity index (χ1) is 10.6. The SMILES string of the molecule is Cc1ccc(NC(=O)CO/N=C(\N)c2ccccc2)cc1C. The maximum absolute atomic E-state index is 11.8. The van der Waals surface area contributed by atoms with Gasteiger partial charge in [0.05, 0.1) is 0 Å². The lowest BCUT2D eigenvalue weighted by molar-refractivity contribution is -0.120. The van der Waals surface area contributed by atoms with Gasteiger partial charge in [0.1, 0.15) is 0 Å². The number of hydrogen-bond donors (Lipinski definition) is 2. The average Bonchev–Trinajstić information content (AvgIpc) is 2.51. The summed E-state index contributed by atoms with van der Waals surface area (Å²) in [6.07, 6.45) is 0. The number of nitrogens with zero attached hydrogens (tertiary/aromatic N) is 1. The van der Waals surface area contributed by atoms with Gasteiger partial charge >= 0.3 is 0 Å². The molecule has 0 aliphatic heterocycles. The molecule has 0 bridgehead atoms. The molecule has 114 valence electrons. The number of benzene rings is 2. The van der Waals surface area contributed by atoms with Gasteiger partial charge in [-0.2, -0.15) is 0 Å². The number of nitrogens with two attached hydrogens (primary N) is 1. The summed E-state index contributed by atoms with van der Waals surface area (Å²) in [7, 11) is 0. The van der Waals surface area contributed by atoms with Crippen LogP contribution in [0.25, 0.3) is 0 Å². The van der Waals surface area contributed by atoms with E-state index in [1.807, 2.05) is 62.4 Å². The van der Waals surface area contributed by atoms with Crippen molar-refractivity contribution >= 4 is 17.4 Å². The van der Waals surface area contributed by atoms with Crippen molar-refractivity contribution in [3.05, 3.63) is 65.2 Å². The molecule has 0 unspecified atom stereocenters. The fraction of sp³-hybridized carbons (Fsp3) is 0.176. The molecule has 2 aromatic carbocycles. The van der Waals surface area contributed by atoms with Crippen LogP contribution in [-0.2, 0) is 9.63 Å². The zero-order chi connectivity index (χ0) is 15.9. The summed E-state index contributed by atoms with van der Waals surface area (Å²) >= 11 is 0. The van der Waals surface area contributed by atoms with Gasteiger partial charge < -0.3 is 15.9 Å². The van der Waals surface area contributed by atoms with E-state index in [2.05, 4.69) is 10.5 Å². The zero-order valence-electron chi connectivity index (χ0n) is 12.7. The Labute approximate surface area is 129 Å². The summed E-state index contributed by atoms with van der Waals surface area (Å²) in [6.45, 7) is 3.82. The van der Waals surface area contributed by atoms with E-state index in [0.29, 0.717) is 0 Å². The second kappa shape index (κ2) is 7.26. The largest absolute Gasteiger partial charge is 0.384 e. The minimum atomic E-state index is -0.284. The number of nitrogens with one attached hydrogen (secondary N) is 1. The molecule has 0 aliphatic rings.